The van der Waals surface area contributed by atoms with Gasteiger partial charge in [0.15, 0.2) is 0 Å². The molecule has 1 N–H and O–H groups in total. The fourth-order valence-corrected chi connectivity index (χ4v) is 3.53. The molecule has 4 rings (SSSR count). The van der Waals surface area contributed by atoms with Crippen molar-refractivity contribution < 1.29 is 9.53 Å². The SMILES string of the molecule is CCOc1ccc(NC(=O)Cn2nc(C(C)C)c3cnn(-c4ccccc4)c3c2=O)cc1. The van der Waals surface area contributed by atoms with E-state index in [2.05, 4.69) is 15.5 Å². The second-order valence-corrected chi connectivity index (χ2v) is 7.66. The van der Waals surface area contributed by atoms with Gasteiger partial charge in [-0.3, -0.25) is 9.59 Å². The molecule has 4 aromatic rings. The van der Waals surface area contributed by atoms with E-state index in [1.165, 1.54) is 4.68 Å². The van der Waals surface area contributed by atoms with Crippen molar-refractivity contribution in [2.45, 2.75) is 33.2 Å². The molecule has 0 saturated heterocycles. The van der Waals surface area contributed by atoms with Crippen molar-refractivity contribution in [2.75, 3.05) is 11.9 Å². The van der Waals surface area contributed by atoms with Crippen LogP contribution in [0.4, 0.5) is 5.69 Å². The van der Waals surface area contributed by atoms with Crippen LogP contribution in [0.15, 0.2) is 65.6 Å². The molecule has 2 aromatic heterocycles. The predicted octanol–water partition coefficient (Wildman–Crippen LogP) is 3.74. The number of carbonyl (C=O) groups is 1. The number of nitrogens with zero attached hydrogens (tertiary/aromatic N) is 4. The highest BCUT2D eigenvalue weighted by Crippen LogP contribution is 2.23. The largest absolute Gasteiger partial charge is 0.494 e. The molecule has 0 aliphatic rings. The number of hydrogen-bond donors (Lipinski definition) is 1. The molecule has 1 amide bonds. The lowest BCUT2D eigenvalue weighted by Crippen LogP contribution is -2.31. The highest BCUT2D eigenvalue weighted by atomic mass is 16.5. The van der Waals surface area contributed by atoms with Gasteiger partial charge in [0.1, 0.15) is 17.8 Å². The number of ether oxygens (including phenoxy) is 1. The van der Waals surface area contributed by atoms with Gasteiger partial charge in [-0.05, 0) is 49.2 Å². The maximum atomic E-state index is 13.3. The van der Waals surface area contributed by atoms with Crippen molar-refractivity contribution in [1.29, 1.82) is 0 Å². The first-order chi connectivity index (χ1) is 15.5. The highest BCUT2D eigenvalue weighted by Gasteiger charge is 2.20. The minimum absolute atomic E-state index is 0.0481. The van der Waals surface area contributed by atoms with E-state index >= 15 is 0 Å². The Hall–Kier alpha value is -3.94. The zero-order valence-corrected chi connectivity index (χ0v) is 18.3. The Morgan fingerprint density at radius 3 is 2.47 bits per heavy atom. The number of fused-ring (bicyclic) bond motifs is 1. The van der Waals surface area contributed by atoms with Crippen LogP contribution in [0.3, 0.4) is 0 Å². The maximum absolute atomic E-state index is 13.3. The summed E-state index contributed by atoms with van der Waals surface area (Å²) in [4.78, 5) is 26.0. The monoisotopic (exact) mass is 431 g/mol. The molecule has 0 radical (unpaired) electrons. The second kappa shape index (κ2) is 9.05. The van der Waals surface area contributed by atoms with Crippen LogP contribution in [0.25, 0.3) is 16.6 Å². The van der Waals surface area contributed by atoms with E-state index in [1.54, 1.807) is 35.1 Å². The van der Waals surface area contributed by atoms with E-state index in [-0.39, 0.29) is 23.9 Å². The molecule has 0 fully saturated rings. The number of rotatable bonds is 7. The van der Waals surface area contributed by atoms with Crippen molar-refractivity contribution in [2.24, 2.45) is 0 Å². The molecular weight excluding hydrogens is 406 g/mol. The van der Waals surface area contributed by atoms with Gasteiger partial charge in [-0.2, -0.15) is 10.2 Å². The average molecular weight is 431 g/mol. The van der Waals surface area contributed by atoms with E-state index in [4.69, 9.17) is 4.74 Å². The Bertz CT molecular complexity index is 1290. The summed E-state index contributed by atoms with van der Waals surface area (Å²) in [5.74, 6) is 0.431. The third-order valence-corrected chi connectivity index (χ3v) is 5.00. The van der Waals surface area contributed by atoms with Gasteiger partial charge in [-0.15, -0.1) is 0 Å². The molecule has 0 spiro atoms. The molecular formula is C24H25N5O3. The van der Waals surface area contributed by atoms with Crippen LogP contribution in [0.2, 0.25) is 0 Å². The zero-order chi connectivity index (χ0) is 22.7. The van der Waals surface area contributed by atoms with Crippen LogP contribution in [0.5, 0.6) is 5.75 Å². The minimum atomic E-state index is -0.368. The van der Waals surface area contributed by atoms with E-state index < -0.39 is 0 Å². The maximum Gasteiger partial charge on any atom is 0.293 e. The number of hydrogen-bond acceptors (Lipinski definition) is 5. The van der Waals surface area contributed by atoms with Gasteiger partial charge in [0, 0.05) is 11.1 Å². The molecule has 0 saturated carbocycles. The topological polar surface area (TPSA) is 91.0 Å². The molecule has 0 aliphatic carbocycles. The number of para-hydroxylation sites is 1. The van der Waals surface area contributed by atoms with Gasteiger partial charge in [0.2, 0.25) is 5.91 Å². The standard InChI is InChI=1S/C24H25N5O3/c1-4-32-19-12-10-17(11-13-19)26-21(30)15-28-24(31)23-20(22(27-28)16(2)3)14-25-29(23)18-8-6-5-7-9-18/h5-14,16H,4,15H2,1-3H3,(H,26,30). The molecule has 164 valence electrons. The smallest absolute Gasteiger partial charge is 0.293 e. The number of aromatic nitrogens is 4. The molecule has 32 heavy (non-hydrogen) atoms. The Morgan fingerprint density at radius 1 is 1.09 bits per heavy atom. The molecule has 0 bridgehead atoms. The van der Waals surface area contributed by atoms with Gasteiger partial charge in [0.05, 0.1) is 24.2 Å². The lowest BCUT2D eigenvalue weighted by Gasteiger charge is -2.12. The zero-order valence-electron chi connectivity index (χ0n) is 18.3. The number of anilines is 1. The molecule has 2 heterocycles. The van der Waals surface area contributed by atoms with Gasteiger partial charge in [0.25, 0.3) is 5.56 Å². The summed E-state index contributed by atoms with van der Waals surface area (Å²) in [7, 11) is 0. The lowest BCUT2D eigenvalue weighted by atomic mass is 10.1. The van der Waals surface area contributed by atoms with Crippen molar-refractivity contribution in [3.05, 3.63) is 76.8 Å². The van der Waals surface area contributed by atoms with Crippen molar-refractivity contribution in [3.8, 4) is 11.4 Å². The van der Waals surface area contributed by atoms with Crippen molar-refractivity contribution in [3.63, 3.8) is 0 Å². The minimum Gasteiger partial charge on any atom is -0.494 e. The summed E-state index contributed by atoms with van der Waals surface area (Å²) in [6, 6.07) is 16.5. The molecule has 0 atom stereocenters. The molecule has 0 unspecified atom stereocenters. The first-order valence-corrected chi connectivity index (χ1v) is 10.5. The summed E-state index contributed by atoms with van der Waals surface area (Å²) in [5, 5.41) is 12.4. The van der Waals surface area contributed by atoms with Gasteiger partial charge < -0.3 is 10.1 Å². The lowest BCUT2D eigenvalue weighted by molar-refractivity contribution is -0.117. The summed E-state index contributed by atoms with van der Waals surface area (Å²) in [6.45, 7) is 6.27. The second-order valence-electron chi connectivity index (χ2n) is 7.66. The fourth-order valence-electron chi connectivity index (χ4n) is 3.53. The first-order valence-electron chi connectivity index (χ1n) is 10.5. The van der Waals surface area contributed by atoms with Gasteiger partial charge >= 0.3 is 0 Å². The molecule has 2 aromatic carbocycles. The van der Waals surface area contributed by atoms with Gasteiger partial charge in [-0.1, -0.05) is 32.0 Å². The summed E-state index contributed by atoms with van der Waals surface area (Å²) in [6.07, 6.45) is 1.66. The molecule has 8 heteroatoms. The number of carbonyl (C=O) groups excluding carboxylic acids is 1. The third kappa shape index (κ3) is 4.25. The Labute approximate surface area is 185 Å². The summed E-state index contributed by atoms with van der Waals surface area (Å²) < 4.78 is 8.23. The highest BCUT2D eigenvalue weighted by molar-refractivity contribution is 5.91. The van der Waals surface area contributed by atoms with Crippen molar-refractivity contribution >= 4 is 22.5 Å². The fraction of sp³-hybridized carbons (Fsp3) is 0.250. The van der Waals surface area contributed by atoms with E-state index in [0.29, 0.717) is 23.2 Å². The average Bonchev–Trinajstić information content (AvgIpc) is 3.23. The summed E-state index contributed by atoms with van der Waals surface area (Å²) >= 11 is 0. The van der Waals surface area contributed by atoms with E-state index in [0.717, 1.165) is 17.1 Å². The molecule has 0 aliphatic heterocycles. The predicted molar refractivity (Wildman–Crippen MR) is 123 cm³/mol. The van der Waals surface area contributed by atoms with Crippen LogP contribution in [-0.4, -0.2) is 32.1 Å². The summed E-state index contributed by atoms with van der Waals surface area (Å²) in [5.41, 5.74) is 2.14. The van der Waals surface area contributed by atoms with Crippen LogP contribution in [0.1, 0.15) is 32.4 Å². The Kier molecular flexibility index (Phi) is 6.02. The van der Waals surface area contributed by atoms with Crippen LogP contribution in [-0.2, 0) is 11.3 Å². The third-order valence-electron chi connectivity index (χ3n) is 5.00. The number of amides is 1. The van der Waals surface area contributed by atoms with Crippen LogP contribution < -0.4 is 15.6 Å². The van der Waals surface area contributed by atoms with Crippen molar-refractivity contribution in [1.82, 2.24) is 19.6 Å². The van der Waals surface area contributed by atoms with Gasteiger partial charge in [-0.25, -0.2) is 9.36 Å². The quantitative estimate of drug-likeness (QED) is 0.481. The van der Waals surface area contributed by atoms with E-state index in [1.807, 2.05) is 51.1 Å². The normalized spacial score (nSPS) is 11.1. The van der Waals surface area contributed by atoms with Crippen LogP contribution >= 0.6 is 0 Å². The Morgan fingerprint density at radius 2 is 1.81 bits per heavy atom. The first kappa shape index (κ1) is 21.3. The van der Waals surface area contributed by atoms with Crippen LogP contribution in [0, 0.1) is 0 Å². The Balaban J connectivity index is 1.68. The number of nitrogens with one attached hydrogen (secondary N) is 1. The van der Waals surface area contributed by atoms with E-state index in [9.17, 15) is 9.59 Å². The number of benzene rings is 2. The molecule has 8 nitrogen and oxygen atoms in total.